The zero-order valence-corrected chi connectivity index (χ0v) is 19.4. The number of nitriles is 1. The summed E-state index contributed by atoms with van der Waals surface area (Å²) < 4.78 is 27.3. The molecule has 2 N–H and O–H groups in total. The lowest BCUT2D eigenvalue weighted by Crippen LogP contribution is -2.43. The predicted molar refractivity (Wildman–Crippen MR) is 129 cm³/mol. The molecule has 37 heavy (non-hydrogen) atoms. The van der Waals surface area contributed by atoms with Gasteiger partial charge in [0, 0.05) is 24.5 Å². The first-order valence-corrected chi connectivity index (χ1v) is 11.5. The van der Waals surface area contributed by atoms with Crippen molar-refractivity contribution in [1.29, 1.82) is 5.26 Å². The summed E-state index contributed by atoms with van der Waals surface area (Å²) in [4.78, 5) is 43.2. The van der Waals surface area contributed by atoms with Gasteiger partial charge in [0.25, 0.3) is 11.8 Å². The van der Waals surface area contributed by atoms with Crippen molar-refractivity contribution in [3.05, 3.63) is 59.8 Å². The van der Waals surface area contributed by atoms with Crippen molar-refractivity contribution in [2.24, 2.45) is 0 Å². The van der Waals surface area contributed by atoms with Crippen LogP contribution in [0.4, 0.5) is 19.3 Å². The van der Waals surface area contributed by atoms with E-state index in [0.717, 1.165) is 21.6 Å². The summed E-state index contributed by atoms with van der Waals surface area (Å²) in [7, 11) is 0. The van der Waals surface area contributed by atoms with E-state index in [2.05, 4.69) is 10.3 Å². The molecule has 3 aromatic rings. The number of nitrogens with zero attached hydrogens (tertiary/aromatic N) is 4. The maximum atomic E-state index is 13.7. The Hall–Kier alpha value is -4.59. The molecule has 1 aromatic heterocycles. The highest BCUT2D eigenvalue weighted by molar-refractivity contribution is 6.07. The summed E-state index contributed by atoms with van der Waals surface area (Å²) >= 11 is 0. The van der Waals surface area contributed by atoms with E-state index in [9.17, 15) is 28.3 Å². The molecule has 3 heterocycles. The van der Waals surface area contributed by atoms with Gasteiger partial charge in [-0.3, -0.25) is 19.5 Å². The first-order valence-electron chi connectivity index (χ1n) is 11.5. The van der Waals surface area contributed by atoms with Crippen LogP contribution in [0.2, 0.25) is 0 Å². The molecule has 11 heteroatoms. The fraction of sp³-hybridized carbons (Fsp3) is 0.269. The van der Waals surface area contributed by atoms with Gasteiger partial charge in [-0.1, -0.05) is 12.1 Å². The van der Waals surface area contributed by atoms with Crippen molar-refractivity contribution in [3.63, 3.8) is 0 Å². The minimum absolute atomic E-state index is 0.251. The Morgan fingerprint density at radius 1 is 1.16 bits per heavy atom. The number of hydrogen-bond donors (Lipinski definition) is 2. The number of benzene rings is 2. The molecule has 0 spiro atoms. The Morgan fingerprint density at radius 2 is 1.92 bits per heavy atom. The molecule has 1 saturated heterocycles. The number of anilines is 1. The monoisotopic (exact) mass is 505 g/mol. The Bertz CT molecular complexity index is 1490. The number of pyridine rings is 1. The van der Waals surface area contributed by atoms with Crippen LogP contribution in [-0.4, -0.2) is 64.5 Å². The molecule has 2 aromatic carbocycles. The highest BCUT2D eigenvalue weighted by Crippen LogP contribution is 2.34. The van der Waals surface area contributed by atoms with Gasteiger partial charge < -0.3 is 15.3 Å². The Kier molecular flexibility index (Phi) is 5.95. The standard InChI is InChI=1S/C26H21F2N5O4/c27-26(28)11-18(12-29)33(14-26)23(34)13-31-24(35)19-5-7-30-21-3-1-16(10-20(19)21)15-2-4-22-17(9-15)6-8-32(22)25(36)37/h1-5,7,9-10,18H,6,8,11,13-14H2,(H,31,35)(H,36,37)/t18-/m0/s1. The second kappa shape index (κ2) is 9.13. The van der Waals surface area contributed by atoms with Gasteiger partial charge in [-0.15, -0.1) is 0 Å². The summed E-state index contributed by atoms with van der Waals surface area (Å²) in [5.41, 5.74) is 3.99. The summed E-state index contributed by atoms with van der Waals surface area (Å²) in [6.45, 7) is -0.989. The number of carboxylic acid groups (broad SMARTS) is 1. The van der Waals surface area contributed by atoms with E-state index in [1.807, 2.05) is 18.2 Å². The normalized spacial score (nSPS) is 17.9. The molecule has 5 rings (SSSR count). The first-order chi connectivity index (χ1) is 17.7. The number of hydrogen-bond acceptors (Lipinski definition) is 5. The van der Waals surface area contributed by atoms with Crippen LogP contribution >= 0.6 is 0 Å². The van der Waals surface area contributed by atoms with Crippen LogP contribution in [0.5, 0.6) is 0 Å². The van der Waals surface area contributed by atoms with Gasteiger partial charge in [0.1, 0.15) is 6.04 Å². The fourth-order valence-corrected chi connectivity index (χ4v) is 4.85. The van der Waals surface area contributed by atoms with Crippen molar-refractivity contribution >= 4 is 34.5 Å². The van der Waals surface area contributed by atoms with Crippen LogP contribution < -0.4 is 10.2 Å². The summed E-state index contributed by atoms with van der Waals surface area (Å²) in [6, 6.07) is 12.9. The number of rotatable bonds is 4. The zero-order valence-electron chi connectivity index (χ0n) is 19.4. The Morgan fingerprint density at radius 3 is 2.68 bits per heavy atom. The second-order valence-corrected chi connectivity index (χ2v) is 9.03. The summed E-state index contributed by atoms with van der Waals surface area (Å²) in [6.07, 6.45) is 0.334. The lowest BCUT2D eigenvalue weighted by atomic mass is 9.98. The topological polar surface area (TPSA) is 127 Å². The highest BCUT2D eigenvalue weighted by atomic mass is 19.3. The highest BCUT2D eigenvalue weighted by Gasteiger charge is 2.47. The molecular weight excluding hydrogens is 484 g/mol. The molecular formula is C26H21F2N5O4. The van der Waals surface area contributed by atoms with Gasteiger partial charge in [-0.2, -0.15) is 5.26 Å². The summed E-state index contributed by atoms with van der Waals surface area (Å²) in [5.74, 6) is -4.48. The van der Waals surface area contributed by atoms with Crippen LogP contribution in [0, 0.1) is 11.3 Å². The predicted octanol–water partition coefficient (Wildman–Crippen LogP) is 3.43. The van der Waals surface area contributed by atoms with Crippen molar-refractivity contribution in [2.45, 2.75) is 24.8 Å². The summed E-state index contributed by atoms with van der Waals surface area (Å²) in [5, 5.41) is 21.4. The minimum Gasteiger partial charge on any atom is -0.465 e. The maximum Gasteiger partial charge on any atom is 0.411 e. The molecule has 0 unspecified atom stereocenters. The van der Waals surface area contributed by atoms with E-state index in [4.69, 9.17) is 5.26 Å². The Labute approximate surface area is 209 Å². The molecule has 0 saturated carbocycles. The second-order valence-electron chi connectivity index (χ2n) is 9.03. The van der Waals surface area contributed by atoms with E-state index in [1.165, 1.54) is 17.2 Å². The number of carbonyl (C=O) groups excluding carboxylic acids is 2. The quantitative estimate of drug-likeness (QED) is 0.560. The van der Waals surface area contributed by atoms with Crippen LogP contribution in [0.3, 0.4) is 0 Å². The Balaban J connectivity index is 1.37. The molecule has 2 aliphatic heterocycles. The number of likely N-dealkylation sites (tertiary alicyclic amines) is 1. The SMILES string of the molecule is N#C[C@@H]1CC(F)(F)CN1C(=O)CNC(=O)c1ccnc2ccc(-c3ccc4c(c3)CCN4C(=O)O)cc12. The lowest BCUT2D eigenvalue weighted by molar-refractivity contribution is -0.131. The smallest absolute Gasteiger partial charge is 0.411 e. The number of aromatic nitrogens is 1. The minimum atomic E-state index is -3.14. The molecule has 0 aliphatic carbocycles. The van der Waals surface area contributed by atoms with Crippen LogP contribution in [-0.2, 0) is 11.2 Å². The maximum absolute atomic E-state index is 13.7. The molecule has 188 valence electrons. The molecule has 1 atom stereocenters. The third kappa shape index (κ3) is 4.53. The van der Waals surface area contributed by atoms with Crippen molar-refractivity contribution in [3.8, 4) is 17.2 Å². The van der Waals surface area contributed by atoms with Gasteiger partial charge in [-0.25, -0.2) is 13.6 Å². The van der Waals surface area contributed by atoms with E-state index < -0.39 is 49.4 Å². The molecule has 2 aliphatic rings. The van der Waals surface area contributed by atoms with Crippen molar-refractivity contribution in [1.82, 2.24) is 15.2 Å². The third-order valence-corrected chi connectivity index (χ3v) is 6.66. The number of carbonyl (C=O) groups is 3. The van der Waals surface area contributed by atoms with E-state index in [1.54, 1.807) is 24.3 Å². The van der Waals surface area contributed by atoms with Crippen molar-refractivity contribution < 1.29 is 28.3 Å². The molecule has 9 nitrogen and oxygen atoms in total. The van der Waals surface area contributed by atoms with Gasteiger partial charge in [0.15, 0.2) is 0 Å². The average molecular weight is 505 g/mol. The lowest BCUT2D eigenvalue weighted by Gasteiger charge is -2.19. The van der Waals surface area contributed by atoms with Gasteiger partial charge in [-0.05, 0) is 53.4 Å². The van der Waals surface area contributed by atoms with Gasteiger partial charge in [0.2, 0.25) is 5.91 Å². The zero-order chi connectivity index (χ0) is 26.3. The van der Waals surface area contributed by atoms with Gasteiger partial charge in [0.05, 0.1) is 35.9 Å². The third-order valence-electron chi connectivity index (χ3n) is 6.66. The van der Waals surface area contributed by atoms with E-state index in [0.29, 0.717) is 29.6 Å². The molecule has 3 amide bonds. The van der Waals surface area contributed by atoms with E-state index >= 15 is 0 Å². The molecule has 0 bridgehead atoms. The van der Waals surface area contributed by atoms with Crippen LogP contribution in [0.25, 0.3) is 22.0 Å². The molecule has 0 radical (unpaired) electrons. The average Bonchev–Trinajstić information content (AvgIpc) is 3.46. The van der Waals surface area contributed by atoms with E-state index in [-0.39, 0.29) is 5.56 Å². The van der Waals surface area contributed by atoms with Gasteiger partial charge >= 0.3 is 6.09 Å². The number of amides is 3. The number of fused-ring (bicyclic) bond motifs is 2. The largest absolute Gasteiger partial charge is 0.465 e. The number of alkyl halides is 2. The number of halogens is 2. The fourth-order valence-electron chi connectivity index (χ4n) is 4.85. The molecule has 1 fully saturated rings. The van der Waals surface area contributed by atoms with Crippen molar-refractivity contribution in [2.75, 3.05) is 24.5 Å². The van der Waals surface area contributed by atoms with Crippen LogP contribution in [0.1, 0.15) is 22.3 Å². The number of nitrogens with one attached hydrogen (secondary N) is 1. The van der Waals surface area contributed by atoms with Crippen LogP contribution in [0.15, 0.2) is 48.7 Å². The first kappa shape index (κ1) is 24.1.